The quantitative estimate of drug-likeness (QED) is 0.742. The number of carbonyl (C=O) groups is 1. The van der Waals surface area contributed by atoms with E-state index in [1.54, 1.807) is 0 Å². The van der Waals surface area contributed by atoms with Gasteiger partial charge < -0.3 is 14.6 Å². The van der Waals surface area contributed by atoms with Crippen LogP contribution in [0.5, 0.6) is 0 Å². The Morgan fingerprint density at radius 3 is 2.56 bits per heavy atom. The highest BCUT2D eigenvalue weighted by Crippen LogP contribution is 2.32. The van der Waals surface area contributed by atoms with E-state index in [9.17, 15) is 9.90 Å². The summed E-state index contributed by atoms with van der Waals surface area (Å²) in [7, 11) is 1.40. The molecule has 4 heteroatoms. The average Bonchev–Trinajstić information content (AvgIpc) is 2.85. The number of hydrogen-bond donors (Lipinski definition) is 1. The Hall–Kier alpha value is -0.610. The third-order valence-corrected chi connectivity index (χ3v) is 3.99. The number of hydrogen-bond acceptors (Lipinski definition) is 4. The maximum atomic E-state index is 11.5. The first-order valence-corrected chi connectivity index (χ1v) is 6.92. The molecule has 0 radical (unpaired) electrons. The lowest BCUT2D eigenvalue weighted by Gasteiger charge is -2.25. The molecular weight excluding hydrogens is 232 g/mol. The van der Waals surface area contributed by atoms with Crippen LogP contribution in [0.1, 0.15) is 46.5 Å². The van der Waals surface area contributed by atoms with E-state index in [-0.39, 0.29) is 36.1 Å². The first-order valence-electron chi connectivity index (χ1n) is 6.92. The highest BCUT2D eigenvalue weighted by molar-refractivity contribution is 5.72. The lowest BCUT2D eigenvalue weighted by atomic mass is 9.93. The minimum atomic E-state index is -0.313. The standard InChI is InChI=1S/C14H26O4/c1-5-6-11(15)9(2)12-7-8-13(18-12)10(3)14(16)17-4/h9-13,15H,5-8H2,1-4H3/t9-,10+,11-,12-,13+/m0/s1. The summed E-state index contributed by atoms with van der Waals surface area (Å²) < 4.78 is 10.7. The Kier molecular flexibility index (Phi) is 6.09. The van der Waals surface area contributed by atoms with Crippen LogP contribution >= 0.6 is 0 Å². The maximum Gasteiger partial charge on any atom is 0.311 e. The molecule has 1 rings (SSSR count). The van der Waals surface area contributed by atoms with Gasteiger partial charge in [0.2, 0.25) is 0 Å². The van der Waals surface area contributed by atoms with Gasteiger partial charge in [0.25, 0.3) is 0 Å². The van der Waals surface area contributed by atoms with Crippen molar-refractivity contribution in [3.05, 3.63) is 0 Å². The number of methoxy groups -OCH3 is 1. The lowest BCUT2D eigenvalue weighted by molar-refractivity contribution is -0.150. The van der Waals surface area contributed by atoms with Crippen LogP contribution in [-0.2, 0) is 14.3 Å². The van der Waals surface area contributed by atoms with Crippen LogP contribution in [0.15, 0.2) is 0 Å². The summed E-state index contributed by atoms with van der Waals surface area (Å²) in [5.41, 5.74) is 0. The molecule has 1 aliphatic rings. The normalized spacial score (nSPS) is 28.7. The van der Waals surface area contributed by atoms with Crippen molar-refractivity contribution in [3.8, 4) is 0 Å². The number of esters is 1. The van der Waals surface area contributed by atoms with Crippen LogP contribution in [0.3, 0.4) is 0 Å². The summed E-state index contributed by atoms with van der Waals surface area (Å²) >= 11 is 0. The maximum absolute atomic E-state index is 11.5. The largest absolute Gasteiger partial charge is 0.469 e. The molecule has 1 heterocycles. The summed E-state index contributed by atoms with van der Waals surface area (Å²) in [4.78, 5) is 11.5. The zero-order valence-corrected chi connectivity index (χ0v) is 11.9. The summed E-state index contributed by atoms with van der Waals surface area (Å²) in [5.74, 6) is -0.322. The van der Waals surface area contributed by atoms with Gasteiger partial charge in [0.15, 0.2) is 0 Å². The molecule has 5 atom stereocenters. The second-order valence-electron chi connectivity index (χ2n) is 5.32. The predicted octanol–water partition coefficient (Wildman–Crippen LogP) is 2.14. The fourth-order valence-corrected chi connectivity index (χ4v) is 2.59. The van der Waals surface area contributed by atoms with E-state index >= 15 is 0 Å². The van der Waals surface area contributed by atoms with Gasteiger partial charge in [-0.15, -0.1) is 0 Å². The average molecular weight is 258 g/mol. The monoisotopic (exact) mass is 258 g/mol. The molecule has 0 unspecified atom stereocenters. The molecule has 0 amide bonds. The van der Waals surface area contributed by atoms with Gasteiger partial charge in [-0.05, 0) is 26.2 Å². The fourth-order valence-electron chi connectivity index (χ4n) is 2.59. The summed E-state index contributed by atoms with van der Waals surface area (Å²) in [5, 5.41) is 9.99. The van der Waals surface area contributed by atoms with Crippen molar-refractivity contribution in [1.29, 1.82) is 0 Å². The number of carbonyl (C=O) groups excluding carboxylic acids is 1. The molecule has 1 fully saturated rings. The third-order valence-electron chi connectivity index (χ3n) is 3.99. The van der Waals surface area contributed by atoms with Crippen LogP contribution in [0.4, 0.5) is 0 Å². The van der Waals surface area contributed by atoms with Crippen molar-refractivity contribution in [2.45, 2.75) is 64.8 Å². The van der Waals surface area contributed by atoms with E-state index in [0.29, 0.717) is 0 Å². The van der Waals surface area contributed by atoms with Crippen molar-refractivity contribution in [1.82, 2.24) is 0 Å². The van der Waals surface area contributed by atoms with Gasteiger partial charge >= 0.3 is 5.97 Å². The Balaban J connectivity index is 2.47. The first kappa shape index (κ1) is 15.4. The van der Waals surface area contributed by atoms with Gasteiger partial charge in [0, 0.05) is 5.92 Å². The molecule has 18 heavy (non-hydrogen) atoms. The molecule has 1 N–H and O–H groups in total. The first-order chi connectivity index (χ1) is 8.51. The highest BCUT2D eigenvalue weighted by Gasteiger charge is 2.37. The van der Waals surface area contributed by atoms with Gasteiger partial charge in [0.05, 0.1) is 31.3 Å². The van der Waals surface area contributed by atoms with E-state index in [1.807, 2.05) is 13.8 Å². The van der Waals surface area contributed by atoms with Crippen molar-refractivity contribution in [2.75, 3.05) is 7.11 Å². The summed E-state index contributed by atoms with van der Waals surface area (Å²) in [6, 6.07) is 0. The molecule has 0 bridgehead atoms. The molecule has 0 aromatic heterocycles. The molecule has 0 aliphatic carbocycles. The van der Waals surface area contributed by atoms with E-state index in [2.05, 4.69) is 6.92 Å². The Morgan fingerprint density at radius 2 is 2.00 bits per heavy atom. The zero-order chi connectivity index (χ0) is 13.7. The van der Waals surface area contributed by atoms with Crippen LogP contribution in [0.25, 0.3) is 0 Å². The SMILES string of the molecule is CCC[C@H](O)[C@H](C)[C@@H]1CC[C@H]([C@@H](C)C(=O)OC)O1. The molecule has 1 saturated heterocycles. The van der Waals surface area contributed by atoms with Crippen molar-refractivity contribution < 1.29 is 19.4 Å². The zero-order valence-electron chi connectivity index (χ0n) is 11.9. The number of rotatable bonds is 6. The second-order valence-corrected chi connectivity index (χ2v) is 5.32. The Bertz CT molecular complexity index is 267. The van der Waals surface area contributed by atoms with Crippen LogP contribution in [0, 0.1) is 11.8 Å². The summed E-state index contributed by atoms with van der Waals surface area (Å²) in [6.45, 7) is 5.93. The third kappa shape index (κ3) is 3.69. The molecular formula is C14H26O4. The summed E-state index contributed by atoms with van der Waals surface area (Å²) in [6.07, 6.45) is 3.23. The molecule has 0 aromatic carbocycles. The van der Waals surface area contributed by atoms with Gasteiger partial charge in [0.1, 0.15) is 0 Å². The lowest BCUT2D eigenvalue weighted by Crippen LogP contribution is -2.32. The number of aliphatic hydroxyl groups excluding tert-OH is 1. The molecule has 4 nitrogen and oxygen atoms in total. The van der Waals surface area contributed by atoms with Crippen molar-refractivity contribution >= 4 is 5.97 Å². The van der Waals surface area contributed by atoms with E-state index < -0.39 is 0 Å². The molecule has 1 aliphatic heterocycles. The van der Waals surface area contributed by atoms with E-state index in [4.69, 9.17) is 9.47 Å². The number of aliphatic hydroxyl groups is 1. The smallest absolute Gasteiger partial charge is 0.311 e. The predicted molar refractivity (Wildman–Crippen MR) is 69.2 cm³/mol. The minimum Gasteiger partial charge on any atom is -0.469 e. The van der Waals surface area contributed by atoms with E-state index in [0.717, 1.165) is 25.7 Å². The van der Waals surface area contributed by atoms with Gasteiger partial charge in [-0.1, -0.05) is 20.3 Å². The Labute approximate surface area is 110 Å². The minimum absolute atomic E-state index is 0.0589. The Morgan fingerprint density at radius 1 is 1.39 bits per heavy atom. The van der Waals surface area contributed by atoms with Crippen LogP contribution in [0.2, 0.25) is 0 Å². The van der Waals surface area contributed by atoms with Crippen molar-refractivity contribution in [3.63, 3.8) is 0 Å². The second kappa shape index (κ2) is 7.10. The van der Waals surface area contributed by atoms with E-state index in [1.165, 1.54) is 7.11 Å². The molecule has 0 saturated carbocycles. The van der Waals surface area contributed by atoms with Gasteiger partial charge in [-0.3, -0.25) is 4.79 Å². The molecule has 106 valence electrons. The number of ether oxygens (including phenoxy) is 2. The van der Waals surface area contributed by atoms with Gasteiger partial charge in [-0.25, -0.2) is 0 Å². The fraction of sp³-hybridized carbons (Fsp3) is 0.929. The van der Waals surface area contributed by atoms with Crippen molar-refractivity contribution in [2.24, 2.45) is 11.8 Å². The molecule has 0 aromatic rings. The van der Waals surface area contributed by atoms with Crippen LogP contribution in [-0.4, -0.2) is 36.5 Å². The molecule has 0 spiro atoms. The van der Waals surface area contributed by atoms with Crippen LogP contribution < -0.4 is 0 Å². The highest BCUT2D eigenvalue weighted by atomic mass is 16.5. The van der Waals surface area contributed by atoms with Gasteiger partial charge in [-0.2, -0.15) is 0 Å². The topological polar surface area (TPSA) is 55.8 Å².